The molecule has 0 atom stereocenters. The van der Waals surface area contributed by atoms with Gasteiger partial charge in [0, 0.05) is 49.4 Å². The molecule has 0 radical (unpaired) electrons. The van der Waals surface area contributed by atoms with E-state index in [-0.39, 0.29) is 0 Å². The lowest BCUT2D eigenvalue weighted by molar-refractivity contribution is 1.15. The van der Waals surface area contributed by atoms with Gasteiger partial charge in [0.1, 0.15) is 0 Å². The van der Waals surface area contributed by atoms with Crippen LogP contribution >= 0.6 is 0 Å². The van der Waals surface area contributed by atoms with E-state index in [9.17, 15) is 0 Å². The molecule has 0 unspecified atom stereocenters. The summed E-state index contributed by atoms with van der Waals surface area (Å²) in [6.45, 7) is 0. The minimum absolute atomic E-state index is 0.704. The summed E-state index contributed by atoms with van der Waals surface area (Å²) in [6.07, 6.45) is 0. The van der Waals surface area contributed by atoms with E-state index < -0.39 is 0 Å². The first-order valence-electron chi connectivity index (χ1n) is 20.5. The quantitative estimate of drug-likeness (QED) is 0.167. The highest BCUT2D eigenvalue weighted by Crippen LogP contribution is 2.39. The number of para-hydroxylation sites is 3. The van der Waals surface area contributed by atoms with Crippen LogP contribution in [-0.2, 0) is 0 Å². The minimum Gasteiger partial charge on any atom is -0.309 e. The molecule has 0 aliphatic rings. The lowest BCUT2D eigenvalue weighted by Gasteiger charge is -2.13. The van der Waals surface area contributed by atoms with Crippen molar-refractivity contribution in [2.45, 2.75) is 0 Å². The summed E-state index contributed by atoms with van der Waals surface area (Å²) in [7, 11) is 0. The molecule has 0 aliphatic carbocycles. The first-order chi connectivity index (χ1) is 29.7. The maximum absolute atomic E-state index is 5.31. The van der Waals surface area contributed by atoms with E-state index in [4.69, 9.17) is 9.97 Å². The number of hydrogen-bond donors (Lipinski definition) is 0. The number of benzene rings is 10. The van der Waals surface area contributed by atoms with E-state index in [1.54, 1.807) is 0 Å². The zero-order valence-corrected chi connectivity index (χ0v) is 32.4. The third-order valence-electron chi connectivity index (χ3n) is 12.5. The molecule has 0 bridgehead atoms. The molecule has 0 aliphatic heterocycles. The zero-order chi connectivity index (χ0) is 39.3. The predicted molar refractivity (Wildman–Crippen MR) is 252 cm³/mol. The average molecular weight is 763 g/mol. The second-order valence-corrected chi connectivity index (χ2v) is 15.8. The maximum atomic E-state index is 5.31. The van der Waals surface area contributed by atoms with Gasteiger partial charge in [-0.3, -0.25) is 0 Å². The first-order valence-corrected chi connectivity index (χ1v) is 20.5. The largest absolute Gasteiger partial charge is 0.309 e. The van der Waals surface area contributed by atoms with Crippen molar-refractivity contribution in [3.8, 4) is 34.0 Å². The summed E-state index contributed by atoms with van der Waals surface area (Å²) >= 11 is 0. The molecule has 0 fully saturated rings. The molecule has 0 saturated carbocycles. The Morgan fingerprint density at radius 1 is 0.283 bits per heavy atom. The first kappa shape index (κ1) is 32.9. The Morgan fingerprint density at radius 2 is 0.817 bits per heavy atom. The van der Waals surface area contributed by atoms with E-state index in [1.807, 2.05) is 0 Å². The molecule has 60 heavy (non-hydrogen) atoms. The monoisotopic (exact) mass is 762 g/mol. The number of rotatable bonds is 4. The number of hydrogen-bond acceptors (Lipinski definition) is 2. The molecule has 0 saturated heterocycles. The Labute approximate surface area is 344 Å². The Kier molecular flexibility index (Phi) is 6.98. The van der Waals surface area contributed by atoms with Crippen molar-refractivity contribution in [1.29, 1.82) is 0 Å². The normalized spacial score (nSPS) is 12.0. The van der Waals surface area contributed by atoms with Gasteiger partial charge < -0.3 is 9.13 Å². The van der Waals surface area contributed by atoms with E-state index in [1.165, 1.54) is 70.4 Å². The van der Waals surface area contributed by atoms with Gasteiger partial charge in [0.15, 0.2) is 5.82 Å². The van der Waals surface area contributed by atoms with Gasteiger partial charge in [-0.25, -0.2) is 9.97 Å². The molecule has 278 valence electrons. The lowest BCUT2D eigenvalue weighted by atomic mass is 9.98. The molecule has 0 spiro atoms. The smallest absolute Gasteiger partial charge is 0.160 e. The Balaban J connectivity index is 0.984. The average Bonchev–Trinajstić information content (AvgIpc) is 3.82. The minimum atomic E-state index is 0.704. The highest BCUT2D eigenvalue weighted by atomic mass is 15.0. The van der Waals surface area contributed by atoms with Crippen LogP contribution in [0.25, 0.3) is 121 Å². The van der Waals surface area contributed by atoms with Gasteiger partial charge in [-0.05, 0) is 105 Å². The summed E-state index contributed by atoms with van der Waals surface area (Å²) in [5.41, 5.74) is 10.8. The van der Waals surface area contributed by atoms with Gasteiger partial charge in [0.2, 0.25) is 0 Å². The Hall–Kier alpha value is -8.08. The number of nitrogens with zero attached hydrogens (tertiary/aromatic N) is 4. The van der Waals surface area contributed by atoms with Crippen molar-refractivity contribution in [1.82, 2.24) is 19.1 Å². The van der Waals surface area contributed by atoms with Gasteiger partial charge in [-0.1, -0.05) is 133 Å². The van der Waals surface area contributed by atoms with Crippen molar-refractivity contribution < 1.29 is 0 Å². The number of fused-ring (bicyclic) bond motifs is 11. The molecule has 0 amide bonds. The van der Waals surface area contributed by atoms with Crippen molar-refractivity contribution in [2.24, 2.45) is 0 Å². The van der Waals surface area contributed by atoms with Crippen LogP contribution in [0.15, 0.2) is 206 Å². The Bertz CT molecular complexity index is 3840. The van der Waals surface area contributed by atoms with Crippen molar-refractivity contribution in [3.05, 3.63) is 206 Å². The summed E-state index contributed by atoms with van der Waals surface area (Å²) in [5, 5.41) is 13.4. The number of aromatic nitrogens is 4. The zero-order valence-electron chi connectivity index (χ0n) is 32.4. The lowest BCUT2D eigenvalue weighted by Crippen LogP contribution is -1.98. The van der Waals surface area contributed by atoms with Crippen LogP contribution in [-0.4, -0.2) is 19.1 Å². The predicted octanol–water partition coefficient (Wildman–Crippen LogP) is 14.6. The summed E-state index contributed by atoms with van der Waals surface area (Å²) in [6, 6.07) is 74.5. The molecule has 4 heteroatoms. The van der Waals surface area contributed by atoms with E-state index in [0.717, 1.165) is 44.6 Å². The van der Waals surface area contributed by atoms with Crippen molar-refractivity contribution in [3.63, 3.8) is 0 Å². The summed E-state index contributed by atoms with van der Waals surface area (Å²) < 4.78 is 4.82. The molecular formula is C56H34N4. The van der Waals surface area contributed by atoms with Gasteiger partial charge in [-0.2, -0.15) is 0 Å². The molecule has 13 aromatic rings. The van der Waals surface area contributed by atoms with E-state index in [2.05, 4.69) is 215 Å². The van der Waals surface area contributed by atoms with Crippen LogP contribution in [0, 0.1) is 0 Å². The molecule has 10 aromatic carbocycles. The fourth-order valence-electron chi connectivity index (χ4n) is 9.66. The van der Waals surface area contributed by atoms with E-state index >= 15 is 0 Å². The Morgan fingerprint density at radius 3 is 1.60 bits per heavy atom. The van der Waals surface area contributed by atoms with Crippen LogP contribution in [0.1, 0.15) is 0 Å². The fraction of sp³-hybridized carbons (Fsp3) is 0. The van der Waals surface area contributed by atoms with Crippen molar-refractivity contribution in [2.75, 3.05) is 0 Å². The standard InChI is InChI=1S/C56H34N4/c1-2-13-38-33-53-49(32-37(38)12-1)47-30-28-42(60-51-19-9-6-15-45(51)46-16-7-10-20-52(46)60)34-54(47)59(53)41-26-23-36(24-27-41)56-57-50-18-8-5-17-48(50)55(58-56)40-25-29-44-39(31-40)22-21-35-11-3-4-14-43(35)44/h1-34H. The topological polar surface area (TPSA) is 35.6 Å². The van der Waals surface area contributed by atoms with Crippen LogP contribution in [0.5, 0.6) is 0 Å². The summed E-state index contributed by atoms with van der Waals surface area (Å²) in [5.74, 6) is 0.704. The van der Waals surface area contributed by atoms with Crippen LogP contribution in [0.4, 0.5) is 0 Å². The molecular weight excluding hydrogens is 729 g/mol. The van der Waals surface area contributed by atoms with Crippen LogP contribution in [0.3, 0.4) is 0 Å². The maximum Gasteiger partial charge on any atom is 0.160 e. The highest BCUT2D eigenvalue weighted by molar-refractivity contribution is 6.15. The van der Waals surface area contributed by atoms with Crippen molar-refractivity contribution >= 4 is 86.8 Å². The van der Waals surface area contributed by atoms with Gasteiger partial charge in [-0.15, -0.1) is 0 Å². The van der Waals surface area contributed by atoms with Crippen LogP contribution in [0.2, 0.25) is 0 Å². The van der Waals surface area contributed by atoms with Gasteiger partial charge >= 0.3 is 0 Å². The third-order valence-corrected chi connectivity index (χ3v) is 12.5. The molecule has 3 aromatic heterocycles. The molecule has 0 N–H and O–H groups in total. The molecule has 3 heterocycles. The fourth-order valence-corrected chi connectivity index (χ4v) is 9.66. The molecule has 4 nitrogen and oxygen atoms in total. The third kappa shape index (κ3) is 4.91. The second-order valence-electron chi connectivity index (χ2n) is 15.8. The van der Waals surface area contributed by atoms with Crippen LogP contribution < -0.4 is 0 Å². The summed E-state index contributed by atoms with van der Waals surface area (Å²) in [4.78, 5) is 10.4. The SMILES string of the molecule is c1ccc2cc3c(cc2c1)c1ccc(-n2c4ccccc4c4ccccc42)cc1n3-c1ccc(-c2nc(-c3ccc4c(ccc5ccccc54)c3)c3ccccc3n2)cc1. The van der Waals surface area contributed by atoms with Gasteiger partial charge in [0.05, 0.1) is 33.3 Å². The van der Waals surface area contributed by atoms with E-state index in [0.29, 0.717) is 5.82 Å². The van der Waals surface area contributed by atoms with Gasteiger partial charge in [0.25, 0.3) is 0 Å². The molecule has 13 rings (SSSR count). The highest BCUT2D eigenvalue weighted by Gasteiger charge is 2.18. The second kappa shape index (κ2) is 12.7.